The second-order valence-electron chi connectivity index (χ2n) is 20.5. The molecule has 348 valence electrons. The maximum absolute atomic E-state index is 6.70. The molecule has 0 saturated carbocycles. The molecule has 11 aromatic rings. The summed E-state index contributed by atoms with van der Waals surface area (Å²) < 4.78 is 26.4. The predicted molar refractivity (Wildman–Crippen MR) is 280 cm³/mol. The molecule has 0 bridgehead atoms. The maximum Gasteiger partial charge on any atom is 0.268 e. The minimum atomic E-state index is -0.0857. The van der Waals surface area contributed by atoms with Crippen molar-refractivity contribution in [3.8, 4) is 62.8 Å². The average Bonchev–Trinajstić information content (AvgIpc) is 3.91. The monoisotopic (exact) mass is 1100 g/mol. The van der Waals surface area contributed by atoms with E-state index in [4.69, 9.17) is 19.2 Å². The fraction of sp³-hybridized carbons (Fsp3) is 0.129. The van der Waals surface area contributed by atoms with E-state index in [2.05, 4.69) is 203 Å². The van der Waals surface area contributed by atoms with E-state index in [-0.39, 0.29) is 38.6 Å². The van der Waals surface area contributed by atoms with Crippen LogP contribution >= 0.6 is 0 Å². The molecule has 0 radical (unpaired) electrons. The fourth-order valence-electron chi connectivity index (χ4n) is 10.3. The molecule has 0 fully saturated rings. The molecule has 0 amide bonds. The molecule has 8 aromatic carbocycles. The second-order valence-corrected chi connectivity index (χ2v) is 20.5. The quantitative estimate of drug-likeness (QED) is 0.0946. The van der Waals surface area contributed by atoms with E-state index in [1.807, 2.05) is 47.2 Å². The van der Waals surface area contributed by atoms with E-state index in [0.29, 0.717) is 11.5 Å². The Kier molecular flexibility index (Phi) is 10.5. The van der Waals surface area contributed by atoms with Crippen LogP contribution in [0.3, 0.4) is 0 Å². The Bertz CT molecular complexity index is 3860. The van der Waals surface area contributed by atoms with Gasteiger partial charge in [0.05, 0.1) is 16.7 Å². The van der Waals surface area contributed by atoms with E-state index in [0.717, 1.165) is 101 Å². The van der Waals surface area contributed by atoms with E-state index >= 15 is 0 Å². The van der Waals surface area contributed by atoms with Crippen molar-refractivity contribution in [2.75, 3.05) is 0 Å². The van der Waals surface area contributed by atoms with Crippen LogP contribution in [0.5, 0.6) is 34.5 Å². The summed E-state index contributed by atoms with van der Waals surface area (Å²) in [6.45, 7) is 13.4. The number of hydrogen-bond acceptors (Lipinski definition) is 4. The third-order valence-electron chi connectivity index (χ3n) is 13.9. The number of aromatic nitrogens is 4. The molecule has 0 N–H and O–H groups in total. The van der Waals surface area contributed by atoms with Crippen LogP contribution in [-0.4, -0.2) is 20.8 Å². The van der Waals surface area contributed by atoms with Gasteiger partial charge in [-0.05, 0) is 110 Å². The first-order valence-electron chi connectivity index (χ1n) is 23.9. The van der Waals surface area contributed by atoms with E-state index in [1.54, 1.807) is 0 Å². The van der Waals surface area contributed by atoms with Gasteiger partial charge in [-0.25, -0.2) is 4.98 Å². The molecule has 7 nitrogen and oxygen atoms in total. The molecule has 3 aromatic heterocycles. The van der Waals surface area contributed by atoms with Crippen molar-refractivity contribution in [2.24, 2.45) is 0 Å². The van der Waals surface area contributed by atoms with Gasteiger partial charge in [0.1, 0.15) is 28.8 Å². The number of rotatable bonds is 6. The van der Waals surface area contributed by atoms with Crippen molar-refractivity contribution >= 4 is 55.9 Å². The van der Waals surface area contributed by atoms with Crippen LogP contribution in [0, 0.1) is 18.5 Å². The zero-order valence-corrected chi connectivity index (χ0v) is 42.4. The Labute approximate surface area is 428 Å². The summed E-state index contributed by atoms with van der Waals surface area (Å²) in [4.78, 5) is 4.98. The van der Waals surface area contributed by atoms with Crippen LogP contribution in [0.4, 0.5) is 0 Å². The number of imidazole rings is 1. The summed E-state index contributed by atoms with van der Waals surface area (Å²) in [6, 6.07) is 66.3. The molecule has 2 aliphatic heterocycles. The van der Waals surface area contributed by atoms with Crippen molar-refractivity contribution in [3.05, 3.63) is 206 Å². The molecule has 0 aliphatic carbocycles. The number of benzene rings is 8. The van der Waals surface area contributed by atoms with Crippen LogP contribution < -0.4 is 35.2 Å². The van der Waals surface area contributed by atoms with Gasteiger partial charge in [0, 0.05) is 49.7 Å². The summed E-state index contributed by atoms with van der Waals surface area (Å²) >= 11 is 0. The summed E-state index contributed by atoms with van der Waals surface area (Å²) in [6.07, 6.45) is 5.54. The molecule has 2 aliphatic rings. The summed E-state index contributed by atoms with van der Waals surface area (Å²) in [7, 11) is 0. The van der Waals surface area contributed by atoms with Crippen LogP contribution in [0.2, 0.25) is 0 Å². The van der Waals surface area contributed by atoms with Gasteiger partial charge in [-0.3, -0.25) is 4.57 Å². The van der Waals surface area contributed by atoms with Gasteiger partial charge in [-0.2, -0.15) is 18.2 Å². The molecule has 0 unspecified atom stereocenters. The number of fused-ring (bicyclic) bond motifs is 8. The molecular weight excluding hydrogens is 1050 g/mol. The molecule has 71 heavy (non-hydrogen) atoms. The molecular formula is C62H47BN4O3Pt-2. The SMILES string of the molecule is CC(C)(C)c1cccc(-[n+]2[c-]n(-c3[c-]c(Oc4[c-]c5c(cc4)c4cc(-c6cc7c8c(c6)Oc6ccccc6B8c6ccccc6O7)ccc4n5-c4cc(C(C)(C)C)ccn4)ccc3)c3ccccc32)c1.[Pt]. The summed E-state index contributed by atoms with van der Waals surface area (Å²) in [5.41, 5.74) is 13.5. The number of hydrogen-bond donors (Lipinski definition) is 0. The molecule has 5 heterocycles. The van der Waals surface area contributed by atoms with Crippen molar-refractivity contribution in [1.82, 2.24) is 14.1 Å². The van der Waals surface area contributed by atoms with E-state index in [9.17, 15) is 0 Å². The van der Waals surface area contributed by atoms with Crippen molar-refractivity contribution in [2.45, 2.75) is 52.4 Å². The van der Waals surface area contributed by atoms with Crippen LogP contribution in [0.25, 0.3) is 61.2 Å². The largest absolute Gasteiger partial charge is 0.510 e. The van der Waals surface area contributed by atoms with Crippen molar-refractivity contribution in [3.63, 3.8) is 0 Å². The predicted octanol–water partition coefficient (Wildman–Crippen LogP) is 12.6. The van der Waals surface area contributed by atoms with Gasteiger partial charge in [0.15, 0.2) is 0 Å². The number of para-hydroxylation sites is 4. The van der Waals surface area contributed by atoms with Crippen molar-refractivity contribution in [1.29, 1.82) is 0 Å². The zero-order valence-electron chi connectivity index (χ0n) is 40.2. The van der Waals surface area contributed by atoms with Gasteiger partial charge < -0.3 is 23.3 Å². The topological polar surface area (TPSA) is 54.3 Å². The second kappa shape index (κ2) is 16.7. The first-order chi connectivity index (χ1) is 33.9. The molecule has 13 rings (SSSR count). The summed E-state index contributed by atoms with van der Waals surface area (Å²) in [5.74, 6) is 5.27. The fourth-order valence-corrected chi connectivity index (χ4v) is 10.3. The minimum Gasteiger partial charge on any atom is -0.510 e. The normalized spacial score (nSPS) is 12.7. The molecule has 0 atom stereocenters. The van der Waals surface area contributed by atoms with E-state index < -0.39 is 0 Å². The minimum absolute atomic E-state index is 0. The standard InChI is InChI=1S/C62H47BN4O3.Pt/c1-61(2,3)41-15-13-16-43(34-41)65-38-66(53-22-10-9-21-52(53)65)44-17-14-18-45(36-44)68-46-26-27-47-48-31-39(25-28-51(48)67(54(47)37-46)59-35-42(29-30-64-59)62(4,5)6)40-32-57-60-58(33-40)70-56-24-12-8-20-50(56)63(60)49-19-7-11-23-55(49)69-57;/h7-35H,1-6H3;/q-2;. The Morgan fingerprint density at radius 2 is 1.24 bits per heavy atom. The van der Waals surface area contributed by atoms with Gasteiger partial charge in [0.25, 0.3) is 13.0 Å². The van der Waals surface area contributed by atoms with Crippen LogP contribution in [0.15, 0.2) is 176 Å². The Morgan fingerprint density at radius 1 is 0.563 bits per heavy atom. The third kappa shape index (κ3) is 7.55. The Morgan fingerprint density at radius 3 is 1.99 bits per heavy atom. The Hall–Kier alpha value is -7.67. The van der Waals surface area contributed by atoms with Crippen molar-refractivity contribution < 1.29 is 39.8 Å². The summed E-state index contributed by atoms with van der Waals surface area (Å²) in [5, 5.41) is 2.08. The number of ether oxygens (including phenoxy) is 3. The molecule has 9 heteroatoms. The first kappa shape index (κ1) is 44.5. The zero-order chi connectivity index (χ0) is 47.5. The van der Waals surface area contributed by atoms with Crippen LogP contribution in [-0.2, 0) is 31.9 Å². The molecule has 0 saturated heterocycles. The van der Waals surface area contributed by atoms with Crippen LogP contribution in [0.1, 0.15) is 52.7 Å². The number of pyridine rings is 1. The maximum atomic E-state index is 6.70. The Balaban J connectivity index is 0.00000517. The average molecular weight is 1100 g/mol. The molecule has 0 spiro atoms. The van der Waals surface area contributed by atoms with E-state index in [1.165, 1.54) is 11.1 Å². The smallest absolute Gasteiger partial charge is 0.268 e. The number of nitrogens with zero attached hydrogens (tertiary/aromatic N) is 4. The van der Waals surface area contributed by atoms with Gasteiger partial charge in [-0.1, -0.05) is 132 Å². The first-order valence-corrected chi connectivity index (χ1v) is 23.9. The van der Waals surface area contributed by atoms with Gasteiger partial charge in [-0.15, -0.1) is 29.7 Å². The third-order valence-corrected chi connectivity index (χ3v) is 13.9. The van der Waals surface area contributed by atoms with Gasteiger partial charge >= 0.3 is 0 Å². The van der Waals surface area contributed by atoms with Gasteiger partial charge in [0.2, 0.25) is 0 Å².